The van der Waals surface area contributed by atoms with Gasteiger partial charge in [0.2, 0.25) is 5.91 Å². The van der Waals surface area contributed by atoms with Gasteiger partial charge < -0.3 is 35.4 Å². The number of carbonyl (C=O) groups excluding carboxylic acids is 1. The number of aromatic nitrogens is 2. The molecule has 1 amide bonds. The lowest BCUT2D eigenvalue weighted by atomic mass is 10.1. The number of nitrogens with one attached hydrogen (secondary N) is 1. The van der Waals surface area contributed by atoms with Crippen molar-refractivity contribution in [3.05, 3.63) is 22.7 Å². The van der Waals surface area contributed by atoms with Crippen molar-refractivity contribution < 1.29 is 38.3 Å². The van der Waals surface area contributed by atoms with Gasteiger partial charge in [-0.05, 0) is 12.5 Å². The first kappa shape index (κ1) is 33.3. The molecule has 1 fully saturated rings. The number of aliphatic hydroxyl groups excluding tert-OH is 1. The first-order chi connectivity index (χ1) is 18.7. The van der Waals surface area contributed by atoms with Crippen LogP contribution in [0.4, 0.5) is 5.82 Å². The molecule has 1 aromatic heterocycles. The number of carbonyl (C=O) groups is 1. The Labute approximate surface area is 229 Å². The minimum absolute atomic E-state index is 0.0365. The second-order valence-corrected chi connectivity index (χ2v) is 11.1. The Hall–Kier alpha value is -1.86. The predicted octanol–water partition coefficient (Wildman–Crippen LogP) is 2.40. The van der Waals surface area contributed by atoms with E-state index in [-0.39, 0.29) is 5.82 Å². The summed E-state index contributed by atoms with van der Waals surface area (Å²) >= 11 is 0. The van der Waals surface area contributed by atoms with Gasteiger partial charge in [-0.15, -0.1) is 0 Å². The van der Waals surface area contributed by atoms with Crippen LogP contribution in [0.25, 0.3) is 0 Å². The number of amides is 1. The number of phosphoric acid groups is 1. The van der Waals surface area contributed by atoms with Crippen molar-refractivity contribution in [2.45, 2.75) is 109 Å². The molecule has 4 atom stereocenters. The average Bonchev–Trinajstić information content (AvgIpc) is 3.20. The zero-order chi connectivity index (χ0) is 28.7. The Kier molecular flexibility index (Phi) is 15.2. The Bertz CT molecular complexity index is 958. The van der Waals surface area contributed by atoms with E-state index in [1.165, 1.54) is 70.1 Å². The molecule has 0 aliphatic carbocycles. The molecule has 13 nitrogen and oxygen atoms in total. The molecule has 0 unspecified atom stereocenters. The van der Waals surface area contributed by atoms with Gasteiger partial charge in [0.05, 0.1) is 6.61 Å². The lowest BCUT2D eigenvalue weighted by Gasteiger charge is -2.24. The number of hydrogen-bond donors (Lipinski definition) is 5. The van der Waals surface area contributed by atoms with E-state index < -0.39 is 57.2 Å². The van der Waals surface area contributed by atoms with Crippen LogP contribution in [0.2, 0.25) is 0 Å². The fraction of sp³-hybridized carbons (Fsp3) is 0.800. The first-order valence-corrected chi connectivity index (χ1v) is 15.4. The second kappa shape index (κ2) is 17.8. The SMILES string of the molecule is CCCCCCCCCCCCCCNC(=O)CO[C@@H]1[C@H](OP(=O)(O)O)[C@@H](CO)O[C@H]1n1ccc(N)nc1=O. The topological polar surface area (TPSA) is 195 Å². The quantitative estimate of drug-likeness (QED) is 0.113. The Morgan fingerprint density at radius 2 is 1.67 bits per heavy atom. The van der Waals surface area contributed by atoms with Gasteiger partial charge in [0.15, 0.2) is 6.23 Å². The van der Waals surface area contributed by atoms with Gasteiger partial charge in [0.1, 0.15) is 30.7 Å². The van der Waals surface area contributed by atoms with Gasteiger partial charge in [0.25, 0.3) is 0 Å². The molecular weight excluding hydrogens is 531 g/mol. The molecule has 0 spiro atoms. The summed E-state index contributed by atoms with van der Waals surface area (Å²) in [7, 11) is -5.03. The molecule has 1 aromatic rings. The van der Waals surface area contributed by atoms with Crippen LogP contribution in [0.3, 0.4) is 0 Å². The molecule has 0 aromatic carbocycles. The van der Waals surface area contributed by atoms with Gasteiger partial charge in [-0.3, -0.25) is 13.9 Å². The average molecular weight is 577 g/mol. The van der Waals surface area contributed by atoms with E-state index in [0.29, 0.717) is 6.54 Å². The lowest BCUT2D eigenvalue weighted by Crippen LogP contribution is -2.41. The van der Waals surface area contributed by atoms with Crippen molar-refractivity contribution in [3.8, 4) is 0 Å². The third-order valence-electron chi connectivity index (χ3n) is 6.61. The zero-order valence-corrected chi connectivity index (χ0v) is 23.7. The van der Waals surface area contributed by atoms with Crippen LogP contribution in [-0.4, -0.2) is 68.4 Å². The summed E-state index contributed by atoms with van der Waals surface area (Å²) in [6.45, 7) is 1.54. The Balaban J connectivity index is 1.77. The van der Waals surface area contributed by atoms with E-state index in [1.807, 2.05) is 0 Å². The van der Waals surface area contributed by atoms with Crippen LogP contribution in [0.15, 0.2) is 17.1 Å². The smallest absolute Gasteiger partial charge is 0.394 e. The molecule has 6 N–H and O–H groups in total. The third-order valence-corrected chi connectivity index (χ3v) is 7.13. The molecule has 1 saturated heterocycles. The van der Waals surface area contributed by atoms with Crippen molar-refractivity contribution in [1.82, 2.24) is 14.9 Å². The van der Waals surface area contributed by atoms with E-state index >= 15 is 0 Å². The monoisotopic (exact) mass is 576 g/mol. The molecule has 39 heavy (non-hydrogen) atoms. The number of unbranched alkanes of at least 4 members (excludes halogenated alkanes) is 11. The molecule has 1 aliphatic rings. The standard InChI is InChI=1S/C25H45N4O9P/c1-2-3-4-5-6-7-8-9-10-11-12-13-15-27-21(31)18-36-23-22(38-39(33,34)35)19(17-30)37-24(23)29-16-14-20(26)28-25(29)32/h14,16,19,22-24,30H,2-13,15,17-18H2,1H3,(H,27,31)(H2,26,28,32)(H2,33,34,35)/t19-,22-,23-,24-/m1/s1. The number of anilines is 1. The summed E-state index contributed by atoms with van der Waals surface area (Å²) in [5.41, 5.74) is 4.72. The van der Waals surface area contributed by atoms with Crippen LogP contribution < -0.4 is 16.7 Å². The minimum Gasteiger partial charge on any atom is -0.394 e. The molecule has 2 rings (SSSR count). The van der Waals surface area contributed by atoms with Crippen LogP contribution >= 0.6 is 7.82 Å². The number of nitrogens with zero attached hydrogens (tertiary/aromatic N) is 2. The molecule has 1 aliphatic heterocycles. The fourth-order valence-electron chi connectivity index (χ4n) is 4.58. The van der Waals surface area contributed by atoms with Crippen molar-refractivity contribution in [3.63, 3.8) is 0 Å². The first-order valence-electron chi connectivity index (χ1n) is 13.9. The van der Waals surface area contributed by atoms with Gasteiger partial charge in [-0.25, -0.2) is 9.36 Å². The predicted molar refractivity (Wildman–Crippen MR) is 145 cm³/mol. The van der Waals surface area contributed by atoms with E-state index in [1.54, 1.807) is 0 Å². The maximum Gasteiger partial charge on any atom is 0.470 e. The van der Waals surface area contributed by atoms with Crippen molar-refractivity contribution >= 4 is 19.5 Å². The largest absolute Gasteiger partial charge is 0.470 e. The van der Waals surface area contributed by atoms with E-state index in [9.17, 15) is 29.0 Å². The highest BCUT2D eigenvalue weighted by atomic mass is 31.2. The highest BCUT2D eigenvalue weighted by molar-refractivity contribution is 7.46. The summed E-state index contributed by atoms with van der Waals surface area (Å²) in [5.74, 6) is -0.479. The molecular formula is C25H45N4O9P. The minimum atomic E-state index is -5.03. The summed E-state index contributed by atoms with van der Waals surface area (Å²) < 4.78 is 28.6. The number of ether oxygens (including phenoxy) is 2. The highest BCUT2D eigenvalue weighted by Crippen LogP contribution is 2.44. The number of hydrogen-bond acceptors (Lipinski definition) is 9. The van der Waals surface area contributed by atoms with E-state index in [0.717, 1.165) is 23.8 Å². The maximum atomic E-state index is 12.4. The normalized spacial score (nSPS) is 21.3. The molecule has 2 heterocycles. The van der Waals surface area contributed by atoms with Crippen molar-refractivity contribution in [2.24, 2.45) is 0 Å². The van der Waals surface area contributed by atoms with Crippen LogP contribution in [0.5, 0.6) is 0 Å². The molecule has 0 radical (unpaired) electrons. The highest BCUT2D eigenvalue weighted by Gasteiger charge is 2.50. The van der Waals surface area contributed by atoms with Crippen LogP contribution in [0.1, 0.15) is 90.2 Å². The van der Waals surface area contributed by atoms with Gasteiger partial charge in [-0.1, -0.05) is 77.6 Å². The Morgan fingerprint density at radius 3 is 2.21 bits per heavy atom. The van der Waals surface area contributed by atoms with Crippen molar-refractivity contribution in [1.29, 1.82) is 0 Å². The van der Waals surface area contributed by atoms with E-state index in [2.05, 4.69) is 17.2 Å². The van der Waals surface area contributed by atoms with Crippen LogP contribution in [0, 0.1) is 0 Å². The third kappa shape index (κ3) is 12.5. The molecule has 0 bridgehead atoms. The molecule has 0 saturated carbocycles. The van der Waals surface area contributed by atoms with Gasteiger partial charge >= 0.3 is 13.5 Å². The summed E-state index contributed by atoms with van der Waals surface area (Å²) in [6.07, 6.45) is 10.5. The van der Waals surface area contributed by atoms with E-state index in [4.69, 9.17) is 19.7 Å². The number of phosphoric ester groups is 1. The number of aliphatic hydroxyl groups is 1. The second-order valence-electron chi connectivity index (χ2n) is 9.87. The van der Waals surface area contributed by atoms with Crippen LogP contribution in [-0.2, 0) is 23.4 Å². The summed E-state index contributed by atoms with van der Waals surface area (Å²) in [4.78, 5) is 47.0. The molecule has 224 valence electrons. The summed E-state index contributed by atoms with van der Waals surface area (Å²) in [5, 5.41) is 12.4. The number of nitrogens with two attached hydrogens (primary N) is 1. The fourth-order valence-corrected chi connectivity index (χ4v) is 5.15. The summed E-state index contributed by atoms with van der Waals surface area (Å²) in [6, 6.07) is 1.33. The number of nitrogen functional groups attached to an aromatic ring is 1. The zero-order valence-electron chi connectivity index (χ0n) is 22.8. The number of rotatable bonds is 20. The maximum absolute atomic E-state index is 12.4. The van der Waals surface area contributed by atoms with Gasteiger partial charge in [0, 0.05) is 12.7 Å². The molecule has 14 heteroatoms. The van der Waals surface area contributed by atoms with Crippen molar-refractivity contribution in [2.75, 3.05) is 25.5 Å². The lowest BCUT2D eigenvalue weighted by molar-refractivity contribution is -0.132. The Morgan fingerprint density at radius 1 is 1.08 bits per heavy atom. The van der Waals surface area contributed by atoms with Gasteiger partial charge in [-0.2, -0.15) is 4.98 Å².